The molecule has 0 radical (unpaired) electrons. The normalized spacial score (nSPS) is 15.8. The van der Waals surface area contributed by atoms with Crippen LogP contribution in [-0.2, 0) is 6.54 Å². The molecule has 3 rings (SSSR count). The summed E-state index contributed by atoms with van der Waals surface area (Å²) in [6.45, 7) is 13.4. The van der Waals surface area contributed by atoms with E-state index < -0.39 is 0 Å². The maximum Gasteiger partial charge on any atom is 0.240 e. The highest BCUT2D eigenvalue weighted by molar-refractivity contribution is 5.45. The van der Waals surface area contributed by atoms with Crippen molar-refractivity contribution in [3.05, 3.63) is 23.5 Å². The lowest BCUT2D eigenvalue weighted by molar-refractivity contribution is 0.215. The minimum atomic E-state index is 0.293. The second-order valence-electron chi connectivity index (χ2n) is 6.69. The summed E-state index contributed by atoms with van der Waals surface area (Å²) < 4.78 is 5.35. The molecule has 0 unspecified atom stereocenters. The average molecular weight is 345 g/mol. The Bertz CT molecular complexity index is 692. The van der Waals surface area contributed by atoms with Crippen LogP contribution >= 0.6 is 0 Å². The van der Waals surface area contributed by atoms with Crippen molar-refractivity contribution in [3.63, 3.8) is 0 Å². The van der Waals surface area contributed by atoms with Crippen molar-refractivity contribution < 1.29 is 4.52 Å². The van der Waals surface area contributed by atoms with Gasteiger partial charge in [0, 0.05) is 50.4 Å². The van der Waals surface area contributed by atoms with Crippen LogP contribution in [0.1, 0.15) is 44.1 Å². The van der Waals surface area contributed by atoms with Crippen LogP contribution in [0.2, 0.25) is 0 Å². The predicted molar refractivity (Wildman–Crippen MR) is 96.8 cm³/mol. The lowest BCUT2D eigenvalue weighted by atomic mass is 10.2. The Balaban J connectivity index is 1.58. The topological polar surface area (TPSA) is 83.2 Å². The van der Waals surface area contributed by atoms with Crippen molar-refractivity contribution in [1.82, 2.24) is 25.0 Å². The third-order valence-corrected chi connectivity index (χ3v) is 4.23. The smallest absolute Gasteiger partial charge is 0.240 e. The molecule has 8 heteroatoms. The highest BCUT2D eigenvalue weighted by Crippen LogP contribution is 2.18. The third-order valence-electron chi connectivity index (χ3n) is 4.23. The molecule has 2 aromatic rings. The first-order valence-corrected chi connectivity index (χ1v) is 8.94. The minimum Gasteiger partial charge on any atom is -0.354 e. The van der Waals surface area contributed by atoms with Gasteiger partial charge in [-0.3, -0.25) is 4.90 Å². The average Bonchev–Trinajstić information content (AvgIpc) is 3.04. The zero-order valence-corrected chi connectivity index (χ0v) is 15.5. The molecule has 1 saturated heterocycles. The first-order chi connectivity index (χ1) is 12.0. The van der Waals surface area contributed by atoms with Crippen molar-refractivity contribution in [2.24, 2.45) is 0 Å². The molecule has 1 fully saturated rings. The first kappa shape index (κ1) is 17.6. The van der Waals surface area contributed by atoms with Crippen molar-refractivity contribution in [2.45, 2.75) is 40.2 Å². The summed E-state index contributed by atoms with van der Waals surface area (Å²) in [5, 5.41) is 7.23. The van der Waals surface area contributed by atoms with Gasteiger partial charge in [0.05, 0.1) is 6.54 Å². The molecule has 0 bridgehead atoms. The highest BCUT2D eigenvalue weighted by Gasteiger charge is 2.21. The van der Waals surface area contributed by atoms with Gasteiger partial charge >= 0.3 is 0 Å². The first-order valence-electron chi connectivity index (χ1n) is 8.94. The molecule has 25 heavy (non-hydrogen) atoms. The molecule has 3 heterocycles. The molecule has 0 aromatic carbocycles. The molecule has 0 atom stereocenters. The molecule has 8 nitrogen and oxygen atoms in total. The van der Waals surface area contributed by atoms with E-state index in [1.54, 1.807) is 0 Å². The number of nitrogens with zero attached hydrogens (tertiary/aromatic N) is 6. The molecule has 136 valence electrons. The fourth-order valence-corrected chi connectivity index (χ4v) is 2.84. The van der Waals surface area contributed by atoms with Gasteiger partial charge in [-0.2, -0.15) is 9.97 Å². The molecule has 1 aliphatic heterocycles. The van der Waals surface area contributed by atoms with Crippen molar-refractivity contribution in [2.75, 3.05) is 42.9 Å². The molecule has 0 amide bonds. The van der Waals surface area contributed by atoms with E-state index in [1.165, 1.54) is 0 Å². The van der Waals surface area contributed by atoms with Crippen LogP contribution in [0.25, 0.3) is 0 Å². The van der Waals surface area contributed by atoms with Crippen LogP contribution in [0, 0.1) is 6.92 Å². The molecule has 1 aliphatic rings. The summed E-state index contributed by atoms with van der Waals surface area (Å²) in [5.41, 5.74) is 0.982. The second-order valence-corrected chi connectivity index (χ2v) is 6.69. The summed E-state index contributed by atoms with van der Waals surface area (Å²) in [5.74, 6) is 3.46. The molecule has 2 aromatic heterocycles. The van der Waals surface area contributed by atoms with Crippen LogP contribution in [0.4, 0.5) is 11.8 Å². The number of rotatable bonds is 6. The van der Waals surface area contributed by atoms with Gasteiger partial charge < -0.3 is 14.7 Å². The Morgan fingerprint density at radius 3 is 2.56 bits per heavy atom. The highest BCUT2D eigenvalue weighted by atomic mass is 16.5. The van der Waals surface area contributed by atoms with E-state index in [4.69, 9.17) is 4.52 Å². The number of hydrogen-bond donors (Lipinski definition) is 1. The monoisotopic (exact) mass is 345 g/mol. The Kier molecular flexibility index (Phi) is 5.47. The van der Waals surface area contributed by atoms with Gasteiger partial charge in [0.2, 0.25) is 11.8 Å². The molecular formula is C17H27N7O. The van der Waals surface area contributed by atoms with E-state index in [-0.39, 0.29) is 0 Å². The fourth-order valence-electron chi connectivity index (χ4n) is 2.84. The van der Waals surface area contributed by atoms with Crippen molar-refractivity contribution in [3.8, 4) is 0 Å². The quantitative estimate of drug-likeness (QED) is 0.852. The van der Waals surface area contributed by atoms with E-state index in [1.807, 2.05) is 19.9 Å². The van der Waals surface area contributed by atoms with E-state index in [0.717, 1.165) is 50.1 Å². The zero-order chi connectivity index (χ0) is 17.8. The van der Waals surface area contributed by atoms with E-state index >= 15 is 0 Å². The van der Waals surface area contributed by atoms with Gasteiger partial charge in [0.15, 0.2) is 5.82 Å². The molecule has 1 N–H and O–H groups in total. The third kappa shape index (κ3) is 4.45. The van der Waals surface area contributed by atoms with Gasteiger partial charge in [-0.25, -0.2) is 4.98 Å². The summed E-state index contributed by atoms with van der Waals surface area (Å²) >= 11 is 0. The lowest BCUT2D eigenvalue weighted by Gasteiger charge is -2.34. The Labute approximate surface area is 148 Å². The van der Waals surface area contributed by atoms with Crippen molar-refractivity contribution >= 4 is 11.8 Å². The largest absolute Gasteiger partial charge is 0.354 e. The molecular weight excluding hydrogens is 318 g/mol. The summed E-state index contributed by atoms with van der Waals surface area (Å²) in [6.07, 6.45) is 0. The second kappa shape index (κ2) is 7.77. The van der Waals surface area contributed by atoms with Gasteiger partial charge in [0.25, 0.3) is 0 Å². The standard InChI is InChI=1S/C17H27N7O/c1-5-18-17-19-13(4)10-14(20-17)24-8-6-23(7-9-24)11-15-21-16(12(2)3)22-25-15/h10,12H,5-9,11H2,1-4H3,(H,18,19,20). The number of nitrogens with one attached hydrogen (secondary N) is 1. The van der Waals surface area contributed by atoms with Crippen LogP contribution in [0.15, 0.2) is 10.6 Å². The summed E-state index contributed by atoms with van der Waals surface area (Å²) in [7, 11) is 0. The molecule has 0 spiro atoms. The number of aromatic nitrogens is 4. The van der Waals surface area contributed by atoms with E-state index in [9.17, 15) is 0 Å². The summed E-state index contributed by atoms with van der Waals surface area (Å²) in [4.78, 5) is 18.2. The van der Waals surface area contributed by atoms with Crippen LogP contribution in [0.3, 0.4) is 0 Å². The number of aryl methyl sites for hydroxylation is 1. The van der Waals surface area contributed by atoms with Crippen molar-refractivity contribution in [1.29, 1.82) is 0 Å². The van der Waals surface area contributed by atoms with Gasteiger partial charge in [-0.05, 0) is 13.8 Å². The van der Waals surface area contributed by atoms with Crippen LogP contribution < -0.4 is 10.2 Å². The lowest BCUT2D eigenvalue weighted by Crippen LogP contribution is -2.46. The zero-order valence-electron chi connectivity index (χ0n) is 15.5. The molecule has 0 saturated carbocycles. The molecule has 0 aliphatic carbocycles. The Hall–Kier alpha value is -2.22. The van der Waals surface area contributed by atoms with Gasteiger partial charge in [0.1, 0.15) is 5.82 Å². The SMILES string of the molecule is CCNc1nc(C)cc(N2CCN(Cc3nc(C(C)C)no3)CC2)n1. The van der Waals surface area contributed by atoms with E-state index in [0.29, 0.717) is 24.3 Å². The Morgan fingerprint density at radius 1 is 1.16 bits per heavy atom. The maximum absolute atomic E-state index is 5.35. The fraction of sp³-hybridized carbons (Fsp3) is 0.647. The Morgan fingerprint density at radius 2 is 1.92 bits per heavy atom. The number of piperazine rings is 1. The van der Waals surface area contributed by atoms with Gasteiger partial charge in [-0.1, -0.05) is 19.0 Å². The number of anilines is 2. The van der Waals surface area contributed by atoms with Gasteiger partial charge in [-0.15, -0.1) is 0 Å². The van der Waals surface area contributed by atoms with Crippen LogP contribution in [-0.4, -0.2) is 57.7 Å². The predicted octanol–water partition coefficient (Wildman–Crippen LogP) is 2.05. The summed E-state index contributed by atoms with van der Waals surface area (Å²) in [6, 6.07) is 2.05. The van der Waals surface area contributed by atoms with Crippen LogP contribution in [0.5, 0.6) is 0 Å². The minimum absolute atomic E-state index is 0.293. The maximum atomic E-state index is 5.35. The van der Waals surface area contributed by atoms with E-state index in [2.05, 4.69) is 49.1 Å². The number of hydrogen-bond acceptors (Lipinski definition) is 8.